The largest absolute Gasteiger partial charge is 0.287 e. The SMILES string of the molecule is O=C(C[n+]1ccc2ccccc2c1)c1ccc(C2CCCCC2)cc1. The summed E-state index contributed by atoms with van der Waals surface area (Å²) in [5.41, 5.74) is 2.20. The van der Waals surface area contributed by atoms with Gasteiger partial charge in [0.1, 0.15) is 0 Å². The molecule has 0 atom stereocenters. The summed E-state index contributed by atoms with van der Waals surface area (Å²) in [6.45, 7) is 0.383. The van der Waals surface area contributed by atoms with Gasteiger partial charge in [-0.2, -0.15) is 4.57 Å². The maximum Gasteiger partial charge on any atom is 0.227 e. The number of fused-ring (bicyclic) bond motifs is 1. The molecule has 126 valence electrons. The number of ketones is 1. The van der Waals surface area contributed by atoms with Gasteiger partial charge < -0.3 is 0 Å². The van der Waals surface area contributed by atoms with Crippen molar-refractivity contribution in [1.29, 1.82) is 0 Å². The summed E-state index contributed by atoms with van der Waals surface area (Å²) in [5, 5.41) is 2.36. The van der Waals surface area contributed by atoms with Gasteiger partial charge in [-0.1, -0.05) is 61.7 Å². The Balaban J connectivity index is 1.48. The van der Waals surface area contributed by atoms with Crippen molar-refractivity contribution in [2.24, 2.45) is 0 Å². The number of pyridine rings is 1. The number of aromatic nitrogens is 1. The molecule has 1 aliphatic rings. The van der Waals surface area contributed by atoms with Crippen LogP contribution in [0.3, 0.4) is 0 Å². The van der Waals surface area contributed by atoms with Crippen LogP contribution in [0, 0.1) is 0 Å². The third-order valence-corrected chi connectivity index (χ3v) is 5.38. The Hall–Kier alpha value is -2.48. The molecule has 0 spiro atoms. The van der Waals surface area contributed by atoms with E-state index >= 15 is 0 Å². The van der Waals surface area contributed by atoms with Gasteiger partial charge >= 0.3 is 0 Å². The Morgan fingerprint density at radius 2 is 1.60 bits per heavy atom. The van der Waals surface area contributed by atoms with Gasteiger partial charge in [0.05, 0.1) is 0 Å². The summed E-state index contributed by atoms with van der Waals surface area (Å²) in [5.74, 6) is 0.850. The first-order valence-corrected chi connectivity index (χ1v) is 9.30. The molecule has 25 heavy (non-hydrogen) atoms. The van der Waals surface area contributed by atoms with Gasteiger partial charge in [0, 0.05) is 17.0 Å². The van der Waals surface area contributed by atoms with E-state index in [2.05, 4.69) is 30.3 Å². The highest BCUT2D eigenvalue weighted by molar-refractivity contribution is 5.95. The maximum atomic E-state index is 12.6. The van der Waals surface area contributed by atoms with E-state index in [4.69, 9.17) is 0 Å². The van der Waals surface area contributed by atoms with Crippen molar-refractivity contribution in [2.45, 2.75) is 44.6 Å². The van der Waals surface area contributed by atoms with Crippen LogP contribution in [0.1, 0.15) is 53.9 Å². The van der Waals surface area contributed by atoms with E-state index in [1.54, 1.807) is 0 Å². The van der Waals surface area contributed by atoms with E-state index < -0.39 is 0 Å². The number of carbonyl (C=O) groups excluding carboxylic acids is 1. The molecule has 0 amide bonds. The number of Topliss-reactive ketones (excluding diaryl/α,β-unsaturated/α-hetero) is 1. The fraction of sp³-hybridized carbons (Fsp3) is 0.304. The molecule has 2 heteroatoms. The molecule has 1 aromatic heterocycles. The lowest BCUT2D eigenvalue weighted by Crippen LogP contribution is -2.37. The number of carbonyl (C=O) groups is 1. The van der Waals surface area contributed by atoms with Gasteiger partial charge in [-0.25, -0.2) is 0 Å². The molecule has 0 saturated heterocycles. The van der Waals surface area contributed by atoms with Crippen LogP contribution in [0.2, 0.25) is 0 Å². The normalized spacial score (nSPS) is 15.4. The van der Waals surface area contributed by atoms with Crippen LogP contribution in [-0.4, -0.2) is 5.78 Å². The summed E-state index contributed by atoms with van der Waals surface area (Å²) in [7, 11) is 0. The molecule has 1 heterocycles. The molecule has 0 radical (unpaired) electrons. The fourth-order valence-electron chi connectivity index (χ4n) is 3.91. The van der Waals surface area contributed by atoms with E-state index in [1.807, 2.05) is 41.2 Å². The molecule has 0 bridgehead atoms. The van der Waals surface area contributed by atoms with Crippen LogP contribution in [0.5, 0.6) is 0 Å². The highest BCUT2D eigenvalue weighted by atomic mass is 16.1. The lowest BCUT2D eigenvalue weighted by Gasteiger charge is -2.21. The minimum Gasteiger partial charge on any atom is -0.287 e. The quantitative estimate of drug-likeness (QED) is 0.484. The predicted octanol–water partition coefficient (Wildman–Crippen LogP) is 5.06. The number of nitrogens with zero attached hydrogens (tertiary/aromatic N) is 1. The second-order valence-electron chi connectivity index (χ2n) is 7.13. The second-order valence-corrected chi connectivity index (χ2v) is 7.13. The van der Waals surface area contributed by atoms with Crippen molar-refractivity contribution in [1.82, 2.24) is 0 Å². The first-order valence-electron chi connectivity index (χ1n) is 9.30. The summed E-state index contributed by atoms with van der Waals surface area (Å²) < 4.78 is 1.97. The van der Waals surface area contributed by atoms with Crippen LogP contribution >= 0.6 is 0 Å². The van der Waals surface area contributed by atoms with Crippen LogP contribution in [0.4, 0.5) is 0 Å². The summed E-state index contributed by atoms with van der Waals surface area (Å²) in [6, 6.07) is 18.6. The van der Waals surface area contributed by atoms with E-state index in [0.717, 1.165) is 10.9 Å². The molecule has 1 fully saturated rings. The molecular weight excluding hydrogens is 306 g/mol. The minimum atomic E-state index is 0.162. The van der Waals surface area contributed by atoms with Crippen LogP contribution in [0.15, 0.2) is 67.0 Å². The molecule has 0 aliphatic heterocycles. The molecule has 1 saturated carbocycles. The second kappa shape index (κ2) is 7.18. The van der Waals surface area contributed by atoms with Gasteiger partial charge in [-0.3, -0.25) is 4.79 Å². The topological polar surface area (TPSA) is 20.9 Å². The zero-order chi connectivity index (χ0) is 17.1. The van der Waals surface area contributed by atoms with E-state index in [0.29, 0.717) is 12.5 Å². The third kappa shape index (κ3) is 3.63. The van der Waals surface area contributed by atoms with Crippen molar-refractivity contribution in [3.63, 3.8) is 0 Å². The lowest BCUT2D eigenvalue weighted by molar-refractivity contribution is -0.681. The van der Waals surface area contributed by atoms with Crippen molar-refractivity contribution in [3.8, 4) is 0 Å². The highest BCUT2D eigenvalue weighted by Gasteiger charge is 2.17. The van der Waals surface area contributed by atoms with Crippen LogP contribution in [-0.2, 0) is 6.54 Å². The Morgan fingerprint density at radius 1 is 0.880 bits per heavy atom. The average molecular weight is 330 g/mol. The van der Waals surface area contributed by atoms with Gasteiger partial charge in [-0.15, -0.1) is 0 Å². The van der Waals surface area contributed by atoms with E-state index in [-0.39, 0.29) is 5.78 Å². The summed E-state index contributed by atoms with van der Waals surface area (Å²) >= 11 is 0. The smallest absolute Gasteiger partial charge is 0.227 e. The summed E-state index contributed by atoms with van der Waals surface area (Å²) in [6.07, 6.45) is 10.7. The molecule has 0 unspecified atom stereocenters. The number of hydrogen-bond acceptors (Lipinski definition) is 1. The van der Waals surface area contributed by atoms with Crippen molar-refractivity contribution >= 4 is 16.6 Å². The molecule has 0 N–H and O–H groups in total. The zero-order valence-electron chi connectivity index (χ0n) is 14.5. The maximum absolute atomic E-state index is 12.6. The van der Waals surface area contributed by atoms with Gasteiger partial charge in [-0.05, 0) is 35.8 Å². The van der Waals surface area contributed by atoms with Crippen LogP contribution < -0.4 is 4.57 Å². The van der Waals surface area contributed by atoms with Crippen molar-refractivity contribution < 1.29 is 9.36 Å². The van der Waals surface area contributed by atoms with Gasteiger partial charge in [0.15, 0.2) is 12.4 Å². The number of hydrogen-bond donors (Lipinski definition) is 0. The lowest BCUT2D eigenvalue weighted by atomic mass is 9.84. The average Bonchev–Trinajstić information content (AvgIpc) is 2.69. The van der Waals surface area contributed by atoms with Crippen molar-refractivity contribution in [2.75, 3.05) is 0 Å². The Kier molecular flexibility index (Phi) is 4.60. The fourth-order valence-corrected chi connectivity index (χ4v) is 3.91. The monoisotopic (exact) mass is 330 g/mol. The Labute approximate surface area is 149 Å². The molecule has 2 nitrogen and oxygen atoms in total. The van der Waals surface area contributed by atoms with Gasteiger partial charge in [0.2, 0.25) is 12.3 Å². The molecule has 3 aromatic rings. The first kappa shape index (κ1) is 16.0. The first-order chi connectivity index (χ1) is 12.3. The van der Waals surface area contributed by atoms with Crippen LogP contribution in [0.25, 0.3) is 10.8 Å². The van der Waals surface area contributed by atoms with Crippen molar-refractivity contribution in [3.05, 3.63) is 78.1 Å². The Bertz CT molecular complexity index is 876. The molecule has 2 aromatic carbocycles. The molecule has 4 rings (SSSR count). The zero-order valence-corrected chi connectivity index (χ0v) is 14.5. The predicted molar refractivity (Wildman–Crippen MR) is 101 cm³/mol. The summed E-state index contributed by atoms with van der Waals surface area (Å²) in [4.78, 5) is 12.6. The van der Waals surface area contributed by atoms with Gasteiger partial charge in [0.25, 0.3) is 0 Å². The number of rotatable bonds is 4. The molecular formula is C23H24NO+. The standard InChI is InChI=1S/C23H24NO/c25-23(17-24-15-14-19-8-4-5-9-22(19)16-24)21-12-10-20(11-13-21)18-6-2-1-3-7-18/h4-5,8-16,18H,1-3,6-7,17H2/q+1. The third-order valence-electron chi connectivity index (χ3n) is 5.38. The minimum absolute atomic E-state index is 0.162. The Morgan fingerprint density at radius 3 is 2.36 bits per heavy atom. The molecule has 1 aliphatic carbocycles. The van der Waals surface area contributed by atoms with E-state index in [1.165, 1.54) is 43.1 Å². The highest BCUT2D eigenvalue weighted by Crippen LogP contribution is 2.32. The number of benzene rings is 2. The van der Waals surface area contributed by atoms with E-state index in [9.17, 15) is 4.79 Å².